The zero-order chi connectivity index (χ0) is 19.9. The molecule has 3 aromatic rings. The number of hydrogen-bond acceptors (Lipinski definition) is 6. The first-order valence-electron chi connectivity index (χ1n) is 8.97. The van der Waals surface area contributed by atoms with Crippen molar-refractivity contribution in [1.82, 2.24) is 9.97 Å². The van der Waals surface area contributed by atoms with Crippen LogP contribution in [0, 0.1) is 0 Å². The molecule has 0 amide bonds. The fourth-order valence-electron chi connectivity index (χ4n) is 2.66. The zero-order valence-electron chi connectivity index (χ0n) is 15.4. The van der Waals surface area contributed by atoms with Gasteiger partial charge in [-0.15, -0.1) is 0 Å². The predicted octanol–water partition coefficient (Wildman–Crippen LogP) is 3.72. The lowest BCUT2D eigenvalue weighted by Crippen LogP contribution is -2.07. The van der Waals surface area contributed by atoms with E-state index in [1.165, 1.54) is 0 Å². The van der Waals surface area contributed by atoms with Gasteiger partial charge in [-0.05, 0) is 31.5 Å². The Morgan fingerprint density at radius 1 is 1.04 bits per heavy atom. The number of carbonyl (C=O) groups excluding carboxylic acids is 1. The van der Waals surface area contributed by atoms with Crippen molar-refractivity contribution in [2.75, 3.05) is 13.2 Å². The lowest BCUT2D eigenvalue weighted by Gasteiger charge is -2.12. The van der Waals surface area contributed by atoms with Gasteiger partial charge < -0.3 is 14.6 Å². The van der Waals surface area contributed by atoms with E-state index in [1.807, 2.05) is 30.3 Å². The third-order valence-electron chi connectivity index (χ3n) is 3.96. The Morgan fingerprint density at radius 3 is 2.54 bits per heavy atom. The number of hydrogen-bond donors (Lipinski definition) is 1. The van der Waals surface area contributed by atoms with Gasteiger partial charge in [-0.25, -0.2) is 14.8 Å². The Balaban J connectivity index is 1.98. The van der Waals surface area contributed by atoms with Crippen LogP contribution in [0.15, 0.2) is 48.5 Å². The smallest absolute Gasteiger partial charge is 0.338 e. The molecular weight excluding hydrogens is 360 g/mol. The average molecular weight is 380 g/mol. The van der Waals surface area contributed by atoms with Crippen molar-refractivity contribution in [2.45, 2.75) is 19.8 Å². The van der Waals surface area contributed by atoms with Gasteiger partial charge in [0.25, 0.3) is 0 Å². The maximum atomic E-state index is 12.0. The average Bonchev–Trinajstić information content (AvgIpc) is 2.71. The van der Waals surface area contributed by atoms with E-state index in [4.69, 9.17) is 14.6 Å². The van der Waals surface area contributed by atoms with Gasteiger partial charge in [0.15, 0.2) is 0 Å². The highest BCUT2D eigenvalue weighted by Gasteiger charge is 2.15. The van der Waals surface area contributed by atoms with Crippen molar-refractivity contribution < 1.29 is 24.2 Å². The monoisotopic (exact) mass is 380 g/mol. The highest BCUT2D eigenvalue weighted by atomic mass is 16.5. The number of aromatic nitrogens is 2. The van der Waals surface area contributed by atoms with Gasteiger partial charge in [0.1, 0.15) is 5.69 Å². The first kappa shape index (κ1) is 19.3. The number of rotatable bonds is 8. The van der Waals surface area contributed by atoms with Crippen LogP contribution in [0.3, 0.4) is 0 Å². The van der Waals surface area contributed by atoms with Crippen LogP contribution in [0.2, 0.25) is 0 Å². The largest absolute Gasteiger partial charge is 0.481 e. The first-order valence-corrected chi connectivity index (χ1v) is 8.97. The van der Waals surface area contributed by atoms with Gasteiger partial charge in [-0.3, -0.25) is 4.79 Å². The highest BCUT2D eigenvalue weighted by Crippen LogP contribution is 2.29. The van der Waals surface area contributed by atoms with Crippen LogP contribution in [0.5, 0.6) is 5.88 Å². The number of benzene rings is 2. The molecule has 0 fully saturated rings. The molecule has 7 heteroatoms. The molecule has 0 saturated heterocycles. The molecule has 2 aromatic carbocycles. The summed E-state index contributed by atoms with van der Waals surface area (Å²) < 4.78 is 10.8. The van der Waals surface area contributed by atoms with E-state index in [1.54, 1.807) is 25.1 Å². The Morgan fingerprint density at radius 2 is 1.82 bits per heavy atom. The van der Waals surface area contributed by atoms with Crippen LogP contribution in [-0.4, -0.2) is 40.2 Å². The molecule has 0 aliphatic heterocycles. The molecule has 0 aliphatic carbocycles. The van der Waals surface area contributed by atoms with Crippen molar-refractivity contribution in [2.24, 2.45) is 0 Å². The standard InChI is InChI=1S/C21H20N2O5/c1-2-27-21(26)15-10-11-16-17(13-15)23-20(28-12-6-9-18(24)25)19(22-16)14-7-4-3-5-8-14/h3-5,7-8,10-11,13H,2,6,9,12H2,1H3,(H,24,25). The van der Waals surface area contributed by atoms with E-state index in [9.17, 15) is 9.59 Å². The Kier molecular flexibility index (Phi) is 6.16. The third kappa shape index (κ3) is 4.62. The highest BCUT2D eigenvalue weighted by molar-refractivity contribution is 5.94. The minimum absolute atomic E-state index is 0.00862. The Bertz CT molecular complexity index is 989. The second-order valence-corrected chi connectivity index (χ2v) is 6.01. The molecule has 0 aliphatic rings. The molecule has 144 valence electrons. The molecule has 0 unspecified atom stereocenters. The minimum Gasteiger partial charge on any atom is -0.481 e. The van der Waals surface area contributed by atoms with E-state index in [-0.39, 0.29) is 19.6 Å². The molecule has 0 bridgehead atoms. The number of carboxylic acids is 1. The van der Waals surface area contributed by atoms with Gasteiger partial charge in [-0.1, -0.05) is 30.3 Å². The lowest BCUT2D eigenvalue weighted by molar-refractivity contribution is -0.137. The summed E-state index contributed by atoms with van der Waals surface area (Å²) in [5, 5.41) is 8.78. The number of nitrogens with zero attached hydrogens (tertiary/aromatic N) is 2. The normalized spacial score (nSPS) is 10.6. The van der Waals surface area contributed by atoms with Crippen LogP contribution in [0.1, 0.15) is 30.1 Å². The van der Waals surface area contributed by atoms with Crippen LogP contribution >= 0.6 is 0 Å². The fourth-order valence-corrected chi connectivity index (χ4v) is 2.66. The Hall–Kier alpha value is -3.48. The summed E-state index contributed by atoms with van der Waals surface area (Å²) in [6.45, 7) is 2.23. The van der Waals surface area contributed by atoms with E-state index < -0.39 is 11.9 Å². The van der Waals surface area contributed by atoms with Gasteiger partial charge in [0.2, 0.25) is 5.88 Å². The summed E-state index contributed by atoms with van der Waals surface area (Å²) in [7, 11) is 0. The Labute approximate surface area is 162 Å². The van der Waals surface area contributed by atoms with Crippen molar-refractivity contribution in [1.29, 1.82) is 0 Å². The van der Waals surface area contributed by atoms with Crippen LogP contribution < -0.4 is 4.74 Å². The van der Waals surface area contributed by atoms with Crippen molar-refractivity contribution in [3.8, 4) is 17.1 Å². The van der Waals surface area contributed by atoms with Crippen molar-refractivity contribution in [3.05, 3.63) is 54.1 Å². The molecule has 1 aromatic heterocycles. The van der Waals surface area contributed by atoms with E-state index in [2.05, 4.69) is 9.97 Å². The topological polar surface area (TPSA) is 98.6 Å². The van der Waals surface area contributed by atoms with Gasteiger partial charge >= 0.3 is 11.9 Å². The maximum absolute atomic E-state index is 12.0. The molecule has 0 spiro atoms. The van der Waals surface area contributed by atoms with Gasteiger partial charge in [-0.2, -0.15) is 0 Å². The second kappa shape index (κ2) is 8.94. The lowest BCUT2D eigenvalue weighted by atomic mass is 10.1. The third-order valence-corrected chi connectivity index (χ3v) is 3.96. The first-order chi connectivity index (χ1) is 13.6. The summed E-state index contributed by atoms with van der Waals surface area (Å²) in [5.41, 5.74) is 2.89. The number of aliphatic carboxylic acids is 1. The number of fused-ring (bicyclic) bond motifs is 1. The van der Waals surface area contributed by atoms with Gasteiger partial charge in [0.05, 0.1) is 29.8 Å². The summed E-state index contributed by atoms with van der Waals surface area (Å²) in [6.07, 6.45) is 0.362. The molecule has 0 saturated carbocycles. The number of esters is 1. The van der Waals surface area contributed by atoms with E-state index in [0.29, 0.717) is 34.6 Å². The second-order valence-electron chi connectivity index (χ2n) is 6.01. The predicted molar refractivity (Wildman–Crippen MR) is 103 cm³/mol. The van der Waals surface area contributed by atoms with Crippen molar-refractivity contribution >= 4 is 23.0 Å². The maximum Gasteiger partial charge on any atom is 0.338 e. The van der Waals surface area contributed by atoms with Crippen LogP contribution in [0.4, 0.5) is 0 Å². The van der Waals surface area contributed by atoms with E-state index in [0.717, 1.165) is 5.56 Å². The van der Waals surface area contributed by atoms with Crippen LogP contribution in [-0.2, 0) is 9.53 Å². The fraction of sp³-hybridized carbons (Fsp3) is 0.238. The summed E-state index contributed by atoms with van der Waals surface area (Å²) in [5.74, 6) is -1.01. The summed E-state index contributed by atoms with van der Waals surface area (Å²) >= 11 is 0. The molecule has 7 nitrogen and oxygen atoms in total. The number of carboxylic acid groups (broad SMARTS) is 1. The van der Waals surface area contributed by atoms with Crippen LogP contribution in [0.25, 0.3) is 22.3 Å². The molecule has 1 heterocycles. The molecule has 3 rings (SSSR count). The summed E-state index contributed by atoms with van der Waals surface area (Å²) in [4.78, 5) is 31.9. The van der Waals surface area contributed by atoms with Crippen molar-refractivity contribution in [3.63, 3.8) is 0 Å². The number of carbonyl (C=O) groups is 2. The molecule has 0 atom stereocenters. The SMILES string of the molecule is CCOC(=O)c1ccc2nc(-c3ccccc3)c(OCCCC(=O)O)nc2c1. The van der Waals surface area contributed by atoms with Gasteiger partial charge in [0, 0.05) is 12.0 Å². The molecule has 0 radical (unpaired) electrons. The summed E-state index contributed by atoms with van der Waals surface area (Å²) in [6, 6.07) is 14.4. The minimum atomic E-state index is -0.879. The van der Waals surface area contributed by atoms with E-state index >= 15 is 0 Å². The quantitative estimate of drug-likeness (QED) is 0.470. The molecule has 28 heavy (non-hydrogen) atoms. The number of ether oxygens (including phenoxy) is 2. The molecule has 1 N–H and O–H groups in total. The zero-order valence-corrected chi connectivity index (χ0v) is 15.4. The molecular formula is C21H20N2O5.